The fraction of sp³-hybridized carbons (Fsp3) is 0.778. The highest BCUT2D eigenvalue weighted by atomic mass is 16.5. The zero-order valence-corrected chi connectivity index (χ0v) is 26.5. The van der Waals surface area contributed by atoms with Gasteiger partial charge in [0.1, 0.15) is 6.10 Å². The van der Waals surface area contributed by atoms with Crippen LogP contribution < -0.4 is 5.32 Å². The van der Waals surface area contributed by atoms with E-state index in [2.05, 4.69) is 39.9 Å². The molecule has 2 N–H and O–H groups in total. The van der Waals surface area contributed by atoms with Gasteiger partial charge in [0.05, 0.1) is 11.6 Å². The number of nitrogens with one attached hydrogen (secondary N) is 1. The first-order chi connectivity index (χ1) is 19.4. The van der Waals surface area contributed by atoms with Crippen LogP contribution in [-0.2, 0) is 9.53 Å². The van der Waals surface area contributed by atoms with Gasteiger partial charge in [-0.2, -0.15) is 0 Å². The fourth-order valence-corrected chi connectivity index (χ4v) is 10.6. The Morgan fingerprint density at radius 3 is 2.41 bits per heavy atom. The summed E-state index contributed by atoms with van der Waals surface area (Å²) >= 11 is 0. The van der Waals surface area contributed by atoms with Gasteiger partial charge in [0.25, 0.3) is 5.91 Å². The Morgan fingerprint density at radius 2 is 1.73 bits per heavy atom. The number of amides is 1. The van der Waals surface area contributed by atoms with Crippen molar-refractivity contribution in [2.75, 3.05) is 0 Å². The molecule has 4 fully saturated rings. The molecule has 0 aliphatic heterocycles. The molecule has 5 rings (SSSR count). The minimum absolute atomic E-state index is 0.124. The molecule has 0 heterocycles. The number of hydrogen-bond acceptors (Lipinski definition) is 4. The third-order valence-corrected chi connectivity index (χ3v) is 12.7. The van der Waals surface area contributed by atoms with Gasteiger partial charge in [-0.3, -0.25) is 9.59 Å². The van der Waals surface area contributed by atoms with Crippen molar-refractivity contribution in [1.29, 1.82) is 0 Å². The summed E-state index contributed by atoms with van der Waals surface area (Å²) in [6.45, 7) is 13.5. The number of ether oxygens (including phenoxy) is 1. The predicted molar refractivity (Wildman–Crippen MR) is 163 cm³/mol. The Kier molecular flexibility index (Phi) is 8.69. The standard InChI is InChI=1S/C36H55NO4/c1-23(2)11-10-12-24(3)29-15-16-30-28-21-32(37-33(39)26-13-8-7-9-14-26)36(40)22-27(41-25(4)38)17-20-35(36,6)31(28)18-19-34(29,30)5/h7-9,13-14,23-24,27-32,40H,10-12,15-22H2,1-6H3,(H,37,39)/t24-,27+,28+,29-,30+,31+,32-,34-,35-,36+/m1/s1. The van der Waals surface area contributed by atoms with Gasteiger partial charge >= 0.3 is 5.97 Å². The molecule has 4 saturated carbocycles. The summed E-state index contributed by atoms with van der Waals surface area (Å²) in [5, 5.41) is 16.1. The molecular weight excluding hydrogens is 510 g/mol. The first kappa shape index (κ1) is 30.6. The molecule has 0 unspecified atom stereocenters. The van der Waals surface area contributed by atoms with E-state index in [-0.39, 0.29) is 29.4 Å². The first-order valence-corrected chi connectivity index (χ1v) is 16.6. The third kappa shape index (κ3) is 5.50. The third-order valence-electron chi connectivity index (χ3n) is 12.7. The van der Waals surface area contributed by atoms with Crippen LogP contribution in [0.25, 0.3) is 0 Å². The van der Waals surface area contributed by atoms with E-state index in [1.54, 1.807) is 0 Å². The number of carbonyl (C=O) groups is 2. The van der Waals surface area contributed by atoms with Crippen LogP contribution in [0.1, 0.15) is 123 Å². The second-order valence-electron chi connectivity index (χ2n) is 15.4. The predicted octanol–water partition coefficient (Wildman–Crippen LogP) is 7.56. The van der Waals surface area contributed by atoms with Crippen LogP contribution in [-0.4, -0.2) is 34.7 Å². The fourth-order valence-electron chi connectivity index (χ4n) is 10.6. The van der Waals surface area contributed by atoms with Crippen molar-refractivity contribution in [3.8, 4) is 0 Å². The van der Waals surface area contributed by atoms with Crippen molar-refractivity contribution < 1.29 is 19.4 Å². The number of aliphatic hydroxyl groups is 1. The molecule has 0 radical (unpaired) electrons. The summed E-state index contributed by atoms with van der Waals surface area (Å²) < 4.78 is 5.69. The van der Waals surface area contributed by atoms with Crippen molar-refractivity contribution in [2.24, 2.45) is 46.3 Å². The molecular formula is C36H55NO4. The van der Waals surface area contributed by atoms with Crippen molar-refractivity contribution in [3.63, 3.8) is 0 Å². The molecule has 0 bridgehead atoms. The van der Waals surface area contributed by atoms with Gasteiger partial charge in [0, 0.05) is 24.3 Å². The average Bonchev–Trinajstić information content (AvgIpc) is 3.27. The van der Waals surface area contributed by atoms with Crippen molar-refractivity contribution in [2.45, 2.75) is 130 Å². The Hall–Kier alpha value is -1.88. The minimum Gasteiger partial charge on any atom is -0.462 e. The zero-order chi connectivity index (χ0) is 29.6. The van der Waals surface area contributed by atoms with Gasteiger partial charge in [0.2, 0.25) is 0 Å². The number of hydrogen-bond donors (Lipinski definition) is 2. The average molecular weight is 566 g/mol. The van der Waals surface area contributed by atoms with Crippen molar-refractivity contribution in [1.82, 2.24) is 5.32 Å². The van der Waals surface area contributed by atoms with Gasteiger partial charge in [-0.05, 0) is 98.0 Å². The summed E-state index contributed by atoms with van der Waals surface area (Å²) in [5.74, 6) is 3.37. The highest BCUT2D eigenvalue weighted by Gasteiger charge is 2.68. The van der Waals surface area contributed by atoms with Crippen LogP contribution >= 0.6 is 0 Å². The lowest BCUT2D eigenvalue weighted by Crippen LogP contribution is -2.72. The van der Waals surface area contributed by atoms with Crippen LogP contribution in [0.3, 0.4) is 0 Å². The van der Waals surface area contributed by atoms with Crippen LogP contribution in [0.2, 0.25) is 0 Å². The quantitative estimate of drug-likeness (QED) is 0.319. The summed E-state index contributed by atoms with van der Waals surface area (Å²) in [4.78, 5) is 25.4. The molecule has 0 aromatic heterocycles. The molecule has 41 heavy (non-hydrogen) atoms. The lowest BCUT2D eigenvalue weighted by Gasteiger charge is -2.66. The van der Waals surface area contributed by atoms with E-state index in [9.17, 15) is 14.7 Å². The summed E-state index contributed by atoms with van der Waals surface area (Å²) in [6.07, 6.45) is 11.4. The van der Waals surface area contributed by atoms with Gasteiger partial charge in [-0.25, -0.2) is 0 Å². The van der Waals surface area contributed by atoms with E-state index in [1.807, 2.05) is 30.3 Å². The molecule has 10 atom stereocenters. The highest BCUT2D eigenvalue weighted by Crippen LogP contribution is 2.69. The van der Waals surface area contributed by atoms with E-state index in [0.717, 1.165) is 43.4 Å². The van der Waals surface area contributed by atoms with Crippen molar-refractivity contribution >= 4 is 11.9 Å². The molecule has 0 saturated heterocycles. The molecule has 1 amide bonds. The van der Waals surface area contributed by atoms with Gasteiger partial charge in [-0.15, -0.1) is 0 Å². The monoisotopic (exact) mass is 565 g/mol. The van der Waals surface area contributed by atoms with E-state index in [1.165, 1.54) is 45.4 Å². The number of rotatable bonds is 8. The van der Waals surface area contributed by atoms with E-state index < -0.39 is 5.60 Å². The van der Waals surface area contributed by atoms with Crippen LogP contribution in [0.15, 0.2) is 30.3 Å². The molecule has 1 aromatic rings. The molecule has 228 valence electrons. The Morgan fingerprint density at radius 1 is 1.00 bits per heavy atom. The van der Waals surface area contributed by atoms with Gasteiger partial charge in [-0.1, -0.05) is 72.1 Å². The lowest BCUT2D eigenvalue weighted by molar-refractivity contribution is -0.235. The smallest absolute Gasteiger partial charge is 0.302 e. The Labute approximate surface area is 248 Å². The summed E-state index contributed by atoms with van der Waals surface area (Å²) in [7, 11) is 0. The van der Waals surface area contributed by atoms with E-state index in [0.29, 0.717) is 35.2 Å². The maximum Gasteiger partial charge on any atom is 0.302 e. The molecule has 5 nitrogen and oxygen atoms in total. The Balaban J connectivity index is 1.43. The number of fused-ring (bicyclic) bond motifs is 5. The van der Waals surface area contributed by atoms with Gasteiger partial charge in [0.15, 0.2) is 0 Å². The maximum absolute atomic E-state index is 13.5. The molecule has 0 spiro atoms. The SMILES string of the molecule is CC(=O)O[C@H]1CC[C@]2(C)[C@H]3CC[C@]4(C)[C@@H]([C@H](C)CCCC(C)C)CC[C@H]4[C@@H]3C[C@@H](NC(=O)c3ccccc3)[C@@]2(O)C1. The van der Waals surface area contributed by atoms with Crippen molar-refractivity contribution in [3.05, 3.63) is 35.9 Å². The van der Waals surface area contributed by atoms with E-state index >= 15 is 0 Å². The highest BCUT2D eigenvalue weighted by molar-refractivity contribution is 5.94. The zero-order valence-electron chi connectivity index (χ0n) is 26.5. The maximum atomic E-state index is 13.5. The Bertz CT molecular complexity index is 1090. The number of carbonyl (C=O) groups excluding carboxylic acids is 2. The topological polar surface area (TPSA) is 75.6 Å². The summed E-state index contributed by atoms with van der Waals surface area (Å²) in [6, 6.07) is 9.00. The largest absolute Gasteiger partial charge is 0.462 e. The minimum atomic E-state index is -1.12. The number of esters is 1. The van der Waals surface area contributed by atoms with E-state index in [4.69, 9.17) is 4.74 Å². The number of benzene rings is 1. The molecule has 4 aliphatic carbocycles. The summed E-state index contributed by atoms with van der Waals surface area (Å²) in [5.41, 5.74) is -0.499. The molecule has 5 heteroatoms. The lowest BCUT2D eigenvalue weighted by atomic mass is 9.42. The van der Waals surface area contributed by atoms with Gasteiger partial charge < -0.3 is 15.2 Å². The first-order valence-electron chi connectivity index (χ1n) is 16.6. The second-order valence-corrected chi connectivity index (χ2v) is 15.4. The van der Waals surface area contributed by atoms with Crippen LogP contribution in [0.5, 0.6) is 0 Å². The molecule has 4 aliphatic rings. The normalized spacial score (nSPS) is 40.7. The van der Waals surface area contributed by atoms with Crippen LogP contribution in [0, 0.1) is 46.3 Å². The van der Waals surface area contributed by atoms with Crippen LogP contribution in [0.4, 0.5) is 0 Å². The second kappa shape index (κ2) is 11.7. The molecule has 1 aromatic carbocycles.